The highest BCUT2D eigenvalue weighted by molar-refractivity contribution is 5.35. The lowest BCUT2D eigenvalue weighted by Gasteiger charge is -2.34. The fourth-order valence-corrected chi connectivity index (χ4v) is 1.78. The number of hydrogen-bond donors (Lipinski definition) is 3. The third kappa shape index (κ3) is 1.63. The number of nitrogens with two attached hydrogens (primary N) is 1. The van der Waals surface area contributed by atoms with Gasteiger partial charge in [0.1, 0.15) is 12.4 Å². The molecular formula is C10H12FNO3. The Kier molecular flexibility index (Phi) is 2.47. The molecule has 0 bridgehead atoms. The molecule has 0 spiro atoms. The lowest BCUT2D eigenvalue weighted by molar-refractivity contribution is -0.228. The van der Waals surface area contributed by atoms with Gasteiger partial charge in [0.25, 0.3) is 0 Å². The number of ether oxygens (including phenoxy) is 1. The second-order valence-corrected chi connectivity index (χ2v) is 3.55. The highest BCUT2D eigenvalue weighted by Crippen LogP contribution is 2.35. The molecule has 0 saturated heterocycles. The number of aliphatic hydroxyl groups is 2. The van der Waals surface area contributed by atoms with Gasteiger partial charge in [-0.3, -0.25) is 0 Å². The maximum atomic E-state index is 13.5. The summed E-state index contributed by atoms with van der Waals surface area (Å²) in [6.45, 7) is -0.199. The summed E-state index contributed by atoms with van der Waals surface area (Å²) in [6.07, 6.45) is -0.617. The Morgan fingerprint density at radius 3 is 2.93 bits per heavy atom. The van der Waals surface area contributed by atoms with Crippen LogP contribution in [0.3, 0.4) is 0 Å². The zero-order valence-corrected chi connectivity index (χ0v) is 7.98. The molecule has 4 N–H and O–H groups in total. The van der Waals surface area contributed by atoms with Gasteiger partial charge >= 0.3 is 0 Å². The Bertz CT molecular complexity index is 381. The zero-order valence-electron chi connectivity index (χ0n) is 7.98. The second-order valence-electron chi connectivity index (χ2n) is 3.55. The average Bonchev–Trinajstić information content (AvgIpc) is 2.19. The van der Waals surface area contributed by atoms with Crippen LogP contribution in [-0.2, 0) is 10.5 Å². The summed E-state index contributed by atoms with van der Waals surface area (Å²) >= 11 is 0. The van der Waals surface area contributed by atoms with Crippen LogP contribution in [0, 0.1) is 5.82 Å². The molecule has 5 heteroatoms. The van der Waals surface area contributed by atoms with Crippen LogP contribution in [0.1, 0.15) is 17.2 Å². The Morgan fingerprint density at radius 1 is 1.53 bits per heavy atom. The number of rotatable bonds is 1. The Labute approximate surface area is 86.1 Å². The number of hydrogen-bond acceptors (Lipinski definition) is 4. The normalized spacial score (nSPS) is 23.6. The van der Waals surface area contributed by atoms with E-state index in [2.05, 4.69) is 0 Å². The third-order valence-electron chi connectivity index (χ3n) is 2.51. The van der Waals surface area contributed by atoms with Crippen LogP contribution < -0.4 is 5.73 Å². The van der Waals surface area contributed by atoms with Gasteiger partial charge in [-0.25, -0.2) is 4.39 Å². The van der Waals surface area contributed by atoms with Crippen molar-refractivity contribution in [3.8, 4) is 0 Å². The average molecular weight is 213 g/mol. The van der Waals surface area contributed by atoms with Crippen molar-refractivity contribution in [3.63, 3.8) is 0 Å². The van der Waals surface area contributed by atoms with E-state index in [-0.39, 0.29) is 24.3 Å². The molecule has 1 aliphatic heterocycles. The lowest BCUT2D eigenvalue weighted by Crippen LogP contribution is -2.40. The molecular weight excluding hydrogens is 201 g/mol. The van der Waals surface area contributed by atoms with E-state index in [0.717, 1.165) is 0 Å². The molecule has 0 fully saturated rings. The van der Waals surface area contributed by atoms with E-state index in [1.807, 2.05) is 0 Å². The summed E-state index contributed by atoms with van der Waals surface area (Å²) in [5.74, 6) is -2.67. The first-order valence-electron chi connectivity index (χ1n) is 4.61. The van der Waals surface area contributed by atoms with Gasteiger partial charge in [-0.05, 0) is 6.07 Å². The van der Waals surface area contributed by atoms with Gasteiger partial charge in [-0.1, -0.05) is 12.1 Å². The highest BCUT2D eigenvalue weighted by atomic mass is 19.1. The van der Waals surface area contributed by atoms with E-state index in [1.165, 1.54) is 18.2 Å². The van der Waals surface area contributed by atoms with E-state index in [9.17, 15) is 14.6 Å². The van der Waals surface area contributed by atoms with Crippen LogP contribution in [0.4, 0.5) is 4.39 Å². The van der Waals surface area contributed by atoms with E-state index in [0.29, 0.717) is 0 Å². The van der Waals surface area contributed by atoms with Gasteiger partial charge in [0, 0.05) is 17.7 Å². The fraction of sp³-hybridized carbons (Fsp3) is 0.400. The van der Waals surface area contributed by atoms with Crippen molar-refractivity contribution >= 4 is 0 Å². The molecule has 1 aromatic rings. The van der Waals surface area contributed by atoms with Gasteiger partial charge in [0.05, 0.1) is 6.10 Å². The molecule has 0 aromatic heterocycles. The van der Waals surface area contributed by atoms with Crippen LogP contribution in [0.2, 0.25) is 0 Å². The smallest absolute Gasteiger partial charge is 0.214 e. The minimum Gasteiger partial charge on any atom is -0.366 e. The molecule has 1 heterocycles. The summed E-state index contributed by atoms with van der Waals surface area (Å²) in [4.78, 5) is 0. The molecule has 1 aromatic carbocycles. The molecule has 1 atom stereocenters. The minimum atomic E-state index is -2.14. The van der Waals surface area contributed by atoms with Crippen molar-refractivity contribution in [1.82, 2.24) is 0 Å². The third-order valence-corrected chi connectivity index (χ3v) is 2.51. The molecule has 1 aliphatic rings. The van der Waals surface area contributed by atoms with Crippen molar-refractivity contribution in [3.05, 3.63) is 35.1 Å². The van der Waals surface area contributed by atoms with Crippen LogP contribution in [0.25, 0.3) is 0 Å². The molecule has 0 unspecified atom stereocenters. The first-order chi connectivity index (χ1) is 7.06. The fourth-order valence-electron chi connectivity index (χ4n) is 1.78. The molecule has 15 heavy (non-hydrogen) atoms. The van der Waals surface area contributed by atoms with Crippen LogP contribution in [0.15, 0.2) is 18.2 Å². The summed E-state index contributed by atoms with van der Waals surface area (Å²) in [7, 11) is 0. The molecule has 0 aliphatic carbocycles. The van der Waals surface area contributed by atoms with Gasteiger partial charge in [0.15, 0.2) is 0 Å². The summed E-state index contributed by atoms with van der Waals surface area (Å²) in [5.41, 5.74) is 5.68. The lowest BCUT2D eigenvalue weighted by atomic mass is 9.93. The number of halogens is 1. The van der Waals surface area contributed by atoms with Crippen molar-refractivity contribution in [2.75, 3.05) is 13.2 Å². The molecule has 0 saturated carbocycles. The molecule has 0 radical (unpaired) electrons. The van der Waals surface area contributed by atoms with Crippen molar-refractivity contribution < 1.29 is 19.3 Å². The molecule has 2 rings (SSSR count). The van der Waals surface area contributed by atoms with E-state index in [4.69, 9.17) is 10.5 Å². The van der Waals surface area contributed by atoms with E-state index >= 15 is 0 Å². The Balaban J connectivity index is 2.58. The van der Waals surface area contributed by atoms with Crippen LogP contribution >= 0.6 is 0 Å². The zero-order chi connectivity index (χ0) is 11.1. The second kappa shape index (κ2) is 3.53. The predicted molar refractivity (Wildman–Crippen MR) is 50.3 cm³/mol. The van der Waals surface area contributed by atoms with Crippen molar-refractivity contribution in [2.45, 2.75) is 11.9 Å². The summed E-state index contributed by atoms with van der Waals surface area (Å²) in [5, 5.41) is 19.2. The van der Waals surface area contributed by atoms with E-state index in [1.54, 1.807) is 0 Å². The van der Waals surface area contributed by atoms with Crippen molar-refractivity contribution in [2.24, 2.45) is 5.73 Å². The summed E-state index contributed by atoms with van der Waals surface area (Å²) < 4.78 is 18.6. The molecule has 82 valence electrons. The quantitative estimate of drug-likeness (QED) is 0.574. The highest BCUT2D eigenvalue weighted by Gasteiger charge is 2.38. The SMILES string of the molecule is NC[C@@H]1OCC(O)(O)c2cccc(F)c21. The van der Waals surface area contributed by atoms with Gasteiger partial charge < -0.3 is 20.7 Å². The van der Waals surface area contributed by atoms with Gasteiger partial charge in [-0.15, -0.1) is 0 Å². The Morgan fingerprint density at radius 2 is 2.27 bits per heavy atom. The predicted octanol–water partition coefficient (Wildman–Crippen LogP) is -0.00690. The molecule has 0 amide bonds. The minimum absolute atomic E-state index is 0.101. The standard InChI is InChI=1S/C10H12FNO3/c11-7-3-1-2-6-9(7)8(4-12)15-5-10(6,13)14/h1-3,8,13-14H,4-5,12H2/t8-/m0/s1. The largest absolute Gasteiger partial charge is 0.366 e. The van der Waals surface area contributed by atoms with Crippen molar-refractivity contribution in [1.29, 1.82) is 0 Å². The van der Waals surface area contributed by atoms with Gasteiger partial charge in [0.2, 0.25) is 5.79 Å². The number of fused-ring (bicyclic) bond motifs is 1. The summed E-state index contributed by atoms with van der Waals surface area (Å²) in [6, 6.07) is 4.13. The first-order valence-corrected chi connectivity index (χ1v) is 4.61. The maximum absolute atomic E-state index is 13.5. The monoisotopic (exact) mass is 213 g/mol. The van der Waals surface area contributed by atoms with Crippen LogP contribution in [0.5, 0.6) is 0 Å². The van der Waals surface area contributed by atoms with Gasteiger partial charge in [-0.2, -0.15) is 0 Å². The van der Waals surface area contributed by atoms with Crippen LogP contribution in [-0.4, -0.2) is 23.4 Å². The van der Waals surface area contributed by atoms with E-state index < -0.39 is 17.7 Å². The molecule has 4 nitrogen and oxygen atoms in total. The maximum Gasteiger partial charge on any atom is 0.214 e. The topological polar surface area (TPSA) is 75.7 Å². The number of benzene rings is 1. The first kappa shape index (κ1) is 10.5. The Hall–Kier alpha value is -1.01.